The lowest BCUT2D eigenvalue weighted by atomic mass is 10.2. The normalized spacial score (nSPS) is 10.7. The lowest BCUT2D eigenvalue weighted by Gasteiger charge is -2.04. The zero-order valence-electron chi connectivity index (χ0n) is 12.5. The summed E-state index contributed by atoms with van der Waals surface area (Å²) in [5.74, 6) is -0.0826. The average molecular weight is 347 g/mol. The van der Waals surface area contributed by atoms with Crippen LogP contribution in [0, 0.1) is 6.92 Å². The van der Waals surface area contributed by atoms with Gasteiger partial charge in [-0.2, -0.15) is 5.10 Å². The SMILES string of the molecule is Cc1nc(-c2ccccc2Cl)sc1CNC(=O)Cn1cccn1. The van der Waals surface area contributed by atoms with Gasteiger partial charge in [0.15, 0.2) is 0 Å². The van der Waals surface area contributed by atoms with Crippen LogP contribution in [0.25, 0.3) is 10.6 Å². The third-order valence-electron chi connectivity index (χ3n) is 3.31. The van der Waals surface area contributed by atoms with E-state index in [1.165, 1.54) is 0 Å². The van der Waals surface area contributed by atoms with Gasteiger partial charge in [-0.15, -0.1) is 11.3 Å². The molecule has 2 aromatic heterocycles. The van der Waals surface area contributed by atoms with E-state index in [1.54, 1.807) is 34.5 Å². The van der Waals surface area contributed by atoms with E-state index in [0.717, 1.165) is 21.1 Å². The van der Waals surface area contributed by atoms with Gasteiger partial charge in [0, 0.05) is 22.8 Å². The minimum Gasteiger partial charge on any atom is -0.350 e. The highest BCUT2D eigenvalue weighted by Gasteiger charge is 2.12. The maximum atomic E-state index is 11.9. The van der Waals surface area contributed by atoms with Crippen molar-refractivity contribution in [3.05, 3.63) is 58.3 Å². The zero-order chi connectivity index (χ0) is 16.2. The number of hydrogen-bond acceptors (Lipinski definition) is 4. The van der Waals surface area contributed by atoms with Gasteiger partial charge in [-0.05, 0) is 19.1 Å². The van der Waals surface area contributed by atoms with Gasteiger partial charge in [-0.25, -0.2) is 4.98 Å². The van der Waals surface area contributed by atoms with E-state index in [-0.39, 0.29) is 12.5 Å². The molecule has 3 rings (SSSR count). The zero-order valence-corrected chi connectivity index (χ0v) is 14.1. The molecule has 0 fully saturated rings. The molecule has 0 saturated carbocycles. The molecule has 0 bridgehead atoms. The Kier molecular flexibility index (Phi) is 4.73. The Balaban J connectivity index is 1.67. The van der Waals surface area contributed by atoms with Crippen molar-refractivity contribution in [2.45, 2.75) is 20.0 Å². The second kappa shape index (κ2) is 6.93. The Morgan fingerprint density at radius 1 is 1.35 bits per heavy atom. The fourth-order valence-electron chi connectivity index (χ4n) is 2.12. The molecule has 0 aliphatic carbocycles. The topological polar surface area (TPSA) is 59.8 Å². The van der Waals surface area contributed by atoms with Gasteiger partial charge < -0.3 is 5.32 Å². The summed E-state index contributed by atoms with van der Waals surface area (Å²) in [6.07, 6.45) is 3.41. The van der Waals surface area contributed by atoms with E-state index < -0.39 is 0 Å². The summed E-state index contributed by atoms with van der Waals surface area (Å²) in [6.45, 7) is 2.60. The third-order valence-corrected chi connectivity index (χ3v) is 4.83. The molecule has 2 heterocycles. The van der Waals surface area contributed by atoms with Crippen molar-refractivity contribution in [1.29, 1.82) is 0 Å². The molecule has 118 valence electrons. The van der Waals surface area contributed by atoms with Gasteiger partial charge in [0.25, 0.3) is 0 Å². The van der Waals surface area contributed by atoms with Crippen LogP contribution in [0.15, 0.2) is 42.7 Å². The Morgan fingerprint density at radius 3 is 2.91 bits per heavy atom. The lowest BCUT2D eigenvalue weighted by Crippen LogP contribution is -2.27. The second-order valence-corrected chi connectivity index (χ2v) is 6.48. The van der Waals surface area contributed by atoms with Crippen LogP contribution >= 0.6 is 22.9 Å². The first-order valence-electron chi connectivity index (χ1n) is 7.09. The molecule has 0 radical (unpaired) electrons. The number of carbonyl (C=O) groups excluding carboxylic acids is 1. The smallest absolute Gasteiger partial charge is 0.242 e. The van der Waals surface area contributed by atoms with E-state index in [9.17, 15) is 4.79 Å². The number of carbonyl (C=O) groups is 1. The molecule has 0 atom stereocenters. The molecule has 0 saturated heterocycles. The van der Waals surface area contributed by atoms with Crippen molar-refractivity contribution in [2.24, 2.45) is 0 Å². The number of amides is 1. The Bertz CT molecular complexity index is 813. The molecule has 0 spiro atoms. The second-order valence-electron chi connectivity index (χ2n) is 4.99. The molecule has 1 N–H and O–H groups in total. The number of hydrogen-bond donors (Lipinski definition) is 1. The molecule has 5 nitrogen and oxygen atoms in total. The van der Waals surface area contributed by atoms with Crippen molar-refractivity contribution in [1.82, 2.24) is 20.1 Å². The van der Waals surface area contributed by atoms with Crippen LogP contribution in [0.5, 0.6) is 0 Å². The number of rotatable bonds is 5. The molecule has 1 aromatic carbocycles. The highest BCUT2D eigenvalue weighted by Crippen LogP contribution is 2.32. The third kappa shape index (κ3) is 3.78. The summed E-state index contributed by atoms with van der Waals surface area (Å²) in [7, 11) is 0. The summed E-state index contributed by atoms with van der Waals surface area (Å²) in [5.41, 5.74) is 1.82. The molecule has 7 heteroatoms. The monoisotopic (exact) mass is 346 g/mol. The predicted molar refractivity (Wildman–Crippen MR) is 91.4 cm³/mol. The van der Waals surface area contributed by atoms with Crippen LogP contribution in [-0.4, -0.2) is 20.7 Å². The quantitative estimate of drug-likeness (QED) is 0.771. The summed E-state index contributed by atoms with van der Waals surface area (Å²) in [4.78, 5) is 17.5. The summed E-state index contributed by atoms with van der Waals surface area (Å²) >= 11 is 7.76. The summed E-state index contributed by atoms with van der Waals surface area (Å²) in [6, 6.07) is 9.41. The number of thiazole rings is 1. The van der Waals surface area contributed by atoms with Crippen LogP contribution in [0.4, 0.5) is 0 Å². The standard InChI is InChI=1S/C16H15ClN4OS/c1-11-14(9-18-15(22)10-21-8-4-7-19-21)23-16(20-11)12-5-2-3-6-13(12)17/h2-8H,9-10H2,1H3,(H,18,22). The van der Waals surface area contributed by atoms with E-state index in [4.69, 9.17) is 11.6 Å². The predicted octanol–water partition coefficient (Wildman–Crippen LogP) is 3.28. The first-order chi connectivity index (χ1) is 11.1. The fraction of sp³-hybridized carbons (Fsp3) is 0.188. The molecular weight excluding hydrogens is 332 g/mol. The molecule has 23 heavy (non-hydrogen) atoms. The van der Waals surface area contributed by atoms with Gasteiger partial charge in [0.1, 0.15) is 11.6 Å². The van der Waals surface area contributed by atoms with E-state index in [2.05, 4.69) is 15.4 Å². The van der Waals surface area contributed by atoms with Crippen LogP contribution in [0.1, 0.15) is 10.6 Å². The number of nitrogens with one attached hydrogen (secondary N) is 1. The maximum absolute atomic E-state index is 11.9. The van der Waals surface area contributed by atoms with Crippen LogP contribution in [-0.2, 0) is 17.9 Å². The van der Waals surface area contributed by atoms with Gasteiger partial charge >= 0.3 is 0 Å². The highest BCUT2D eigenvalue weighted by molar-refractivity contribution is 7.15. The molecule has 3 aromatic rings. The molecular formula is C16H15ClN4OS. The largest absolute Gasteiger partial charge is 0.350 e. The molecule has 0 unspecified atom stereocenters. The van der Waals surface area contributed by atoms with Gasteiger partial charge in [-0.1, -0.05) is 29.8 Å². The number of nitrogens with zero attached hydrogens (tertiary/aromatic N) is 3. The van der Waals surface area contributed by atoms with Crippen molar-refractivity contribution >= 4 is 28.8 Å². The molecule has 0 aliphatic heterocycles. The van der Waals surface area contributed by atoms with E-state index in [0.29, 0.717) is 11.6 Å². The number of aryl methyl sites for hydroxylation is 1. The van der Waals surface area contributed by atoms with Crippen molar-refractivity contribution in [2.75, 3.05) is 0 Å². The van der Waals surface area contributed by atoms with Crippen LogP contribution in [0.2, 0.25) is 5.02 Å². The summed E-state index contributed by atoms with van der Waals surface area (Å²) in [5, 5.41) is 8.45. The van der Waals surface area contributed by atoms with E-state index in [1.807, 2.05) is 31.2 Å². The Morgan fingerprint density at radius 2 is 2.17 bits per heavy atom. The highest BCUT2D eigenvalue weighted by atomic mass is 35.5. The lowest BCUT2D eigenvalue weighted by molar-refractivity contribution is -0.122. The minimum absolute atomic E-state index is 0.0826. The minimum atomic E-state index is -0.0826. The van der Waals surface area contributed by atoms with Crippen molar-refractivity contribution < 1.29 is 4.79 Å². The molecule has 1 amide bonds. The Labute approximate surface area is 142 Å². The van der Waals surface area contributed by atoms with Crippen LogP contribution < -0.4 is 5.32 Å². The van der Waals surface area contributed by atoms with Crippen molar-refractivity contribution in [3.63, 3.8) is 0 Å². The average Bonchev–Trinajstić information content (AvgIpc) is 3.15. The summed E-state index contributed by atoms with van der Waals surface area (Å²) < 4.78 is 1.59. The maximum Gasteiger partial charge on any atom is 0.242 e. The number of halogens is 1. The molecule has 0 aliphatic rings. The van der Waals surface area contributed by atoms with E-state index >= 15 is 0 Å². The number of aromatic nitrogens is 3. The first kappa shape index (κ1) is 15.7. The van der Waals surface area contributed by atoms with Gasteiger partial charge in [0.2, 0.25) is 5.91 Å². The van der Waals surface area contributed by atoms with Gasteiger partial charge in [0.05, 0.1) is 17.3 Å². The number of benzene rings is 1. The van der Waals surface area contributed by atoms with Gasteiger partial charge in [-0.3, -0.25) is 9.48 Å². The first-order valence-corrected chi connectivity index (χ1v) is 8.28. The van der Waals surface area contributed by atoms with Crippen LogP contribution in [0.3, 0.4) is 0 Å². The Hall–Kier alpha value is -2.18. The fourth-order valence-corrected chi connectivity index (χ4v) is 3.44. The van der Waals surface area contributed by atoms with Crippen molar-refractivity contribution in [3.8, 4) is 10.6 Å².